The minimum atomic E-state index is 0.243. The Morgan fingerprint density at radius 2 is 1.73 bits per heavy atom. The normalized spacial score (nSPS) is 19.2. The van der Waals surface area contributed by atoms with Crippen LogP contribution in [0.3, 0.4) is 0 Å². The van der Waals surface area contributed by atoms with Gasteiger partial charge >= 0.3 is 6.08 Å². The number of aromatic nitrogens is 1. The van der Waals surface area contributed by atoms with Gasteiger partial charge in [-0.15, -0.1) is 0 Å². The highest BCUT2D eigenvalue weighted by atomic mass is 16.6. The molecule has 1 fully saturated rings. The molecule has 1 aromatic heterocycles. The van der Waals surface area contributed by atoms with Crippen LogP contribution in [0.4, 0.5) is 5.69 Å². The third-order valence-electron chi connectivity index (χ3n) is 6.57. The molecule has 2 unspecified atom stereocenters. The molecule has 6 rings (SSSR count). The van der Waals surface area contributed by atoms with E-state index < -0.39 is 0 Å². The minimum absolute atomic E-state index is 0.243. The number of ether oxygens (including phenoxy) is 2. The highest BCUT2D eigenvalue weighted by molar-refractivity contribution is 5.74. The van der Waals surface area contributed by atoms with E-state index in [1.807, 2.05) is 48.5 Å². The molecule has 5 nitrogen and oxygen atoms in total. The first-order chi connectivity index (χ1) is 16.3. The molecule has 1 N–H and O–H groups in total. The summed E-state index contributed by atoms with van der Waals surface area (Å²) in [6, 6.07) is 24.3. The number of hydrogen-bond acceptors (Lipinski definition) is 5. The van der Waals surface area contributed by atoms with E-state index in [2.05, 4.69) is 40.6 Å². The highest BCUT2D eigenvalue weighted by Gasteiger charge is 2.30. The number of rotatable bonds is 6. The van der Waals surface area contributed by atoms with Gasteiger partial charge in [0.15, 0.2) is 5.58 Å². The Morgan fingerprint density at radius 1 is 0.909 bits per heavy atom. The van der Waals surface area contributed by atoms with Crippen molar-refractivity contribution >= 4 is 22.9 Å². The third-order valence-corrected chi connectivity index (χ3v) is 6.57. The number of anilines is 1. The molecular weight excluding hydrogens is 412 g/mol. The molecule has 2 heterocycles. The first kappa shape index (κ1) is 19.9. The standard InChI is InChI=1S/C28H26N2O3/c1-2-8-24-20(6-1)18-23-19(7-5-10-25(23)29-24)16-17-31-21-12-14-22(15-13-21)32-28-30-26-9-3-4-11-27(26)33-28/h1-4,6,8-9,11-15,18-19,25,29H,5,7,10,16-17H2. The fourth-order valence-electron chi connectivity index (χ4n) is 4.91. The fourth-order valence-corrected chi connectivity index (χ4v) is 4.91. The Bertz CT molecular complexity index is 1260. The summed E-state index contributed by atoms with van der Waals surface area (Å²) >= 11 is 0. The van der Waals surface area contributed by atoms with Crippen LogP contribution in [0, 0.1) is 5.92 Å². The molecule has 33 heavy (non-hydrogen) atoms. The summed E-state index contributed by atoms with van der Waals surface area (Å²) in [6.07, 6.45) is 7.36. The van der Waals surface area contributed by atoms with Gasteiger partial charge in [-0.05, 0) is 78.8 Å². The van der Waals surface area contributed by atoms with E-state index in [9.17, 15) is 0 Å². The van der Waals surface area contributed by atoms with Crippen LogP contribution in [-0.4, -0.2) is 17.6 Å². The van der Waals surface area contributed by atoms with Crippen molar-refractivity contribution in [2.75, 3.05) is 11.9 Å². The van der Waals surface area contributed by atoms with Crippen LogP contribution < -0.4 is 14.8 Å². The topological polar surface area (TPSA) is 56.5 Å². The van der Waals surface area contributed by atoms with E-state index >= 15 is 0 Å². The van der Waals surface area contributed by atoms with Crippen molar-refractivity contribution in [3.8, 4) is 17.6 Å². The van der Waals surface area contributed by atoms with Crippen molar-refractivity contribution in [1.82, 2.24) is 4.98 Å². The van der Waals surface area contributed by atoms with Gasteiger partial charge in [-0.1, -0.05) is 42.8 Å². The lowest BCUT2D eigenvalue weighted by Crippen LogP contribution is -2.33. The summed E-state index contributed by atoms with van der Waals surface area (Å²) in [5, 5.41) is 3.74. The zero-order valence-corrected chi connectivity index (χ0v) is 18.4. The number of nitrogens with one attached hydrogen (secondary N) is 1. The van der Waals surface area contributed by atoms with Gasteiger partial charge in [-0.3, -0.25) is 0 Å². The van der Waals surface area contributed by atoms with Crippen molar-refractivity contribution in [2.24, 2.45) is 5.92 Å². The Kier molecular flexibility index (Phi) is 5.23. The van der Waals surface area contributed by atoms with Crippen LogP contribution >= 0.6 is 0 Å². The molecule has 0 saturated heterocycles. The molecule has 0 bridgehead atoms. The highest BCUT2D eigenvalue weighted by Crippen LogP contribution is 2.39. The number of oxazole rings is 1. The van der Waals surface area contributed by atoms with Crippen molar-refractivity contribution in [1.29, 1.82) is 0 Å². The molecule has 1 aliphatic heterocycles. The number of benzene rings is 3. The molecular formula is C28H26N2O3. The quantitative estimate of drug-likeness (QED) is 0.349. The molecule has 1 aliphatic carbocycles. The summed E-state index contributed by atoms with van der Waals surface area (Å²) < 4.78 is 17.5. The Labute approximate surface area is 193 Å². The van der Waals surface area contributed by atoms with Crippen molar-refractivity contribution in [2.45, 2.75) is 31.7 Å². The van der Waals surface area contributed by atoms with Crippen LogP contribution in [0.15, 0.2) is 82.8 Å². The fraction of sp³-hybridized carbons (Fsp3) is 0.250. The molecule has 166 valence electrons. The van der Waals surface area contributed by atoms with Crippen LogP contribution in [-0.2, 0) is 0 Å². The average molecular weight is 439 g/mol. The number of hydrogen-bond donors (Lipinski definition) is 1. The second-order valence-electron chi connectivity index (χ2n) is 8.71. The molecule has 2 aliphatic rings. The molecule has 1 saturated carbocycles. The summed E-state index contributed by atoms with van der Waals surface area (Å²) in [5.41, 5.74) is 5.58. The lowest BCUT2D eigenvalue weighted by atomic mass is 9.76. The first-order valence-electron chi connectivity index (χ1n) is 11.7. The molecule has 4 aromatic rings. The van der Waals surface area contributed by atoms with Gasteiger partial charge in [-0.25, -0.2) is 0 Å². The van der Waals surface area contributed by atoms with Crippen molar-refractivity contribution in [3.05, 3.63) is 83.9 Å². The van der Waals surface area contributed by atoms with Crippen LogP contribution in [0.25, 0.3) is 17.2 Å². The maximum Gasteiger partial charge on any atom is 0.400 e. The number of para-hydroxylation sites is 3. The Balaban J connectivity index is 1.06. The third kappa shape index (κ3) is 4.19. The Morgan fingerprint density at radius 3 is 2.64 bits per heavy atom. The van der Waals surface area contributed by atoms with Gasteiger partial charge in [0, 0.05) is 11.7 Å². The monoisotopic (exact) mass is 438 g/mol. The van der Waals surface area contributed by atoms with Crippen molar-refractivity contribution < 1.29 is 13.9 Å². The summed E-state index contributed by atoms with van der Waals surface area (Å²) in [7, 11) is 0. The second-order valence-corrected chi connectivity index (χ2v) is 8.71. The van der Waals surface area contributed by atoms with E-state index in [4.69, 9.17) is 13.9 Å². The van der Waals surface area contributed by atoms with E-state index in [1.165, 1.54) is 36.1 Å². The van der Waals surface area contributed by atoms with Crippen molar-refractivity contribution in [3.63, 3.8) is 0 Å². The molecule has 2 atom stereocenters. The molecule has 0 amide bonds. The van der Waals surface area contributed by atoms with Crippen LogP contribution in [0.2, 0.25) is 0 Å². The lowest BCUT2D eigenvalue weighted by molar-refractivity contribution is 0.271. The largest absolute Gasteiger partial charge is 0.494 e. The first-order valence-corrected chi connectivity index (χ1v) is 11.7. The number of nitrogens with zero attached hydrogens (tertiary/aromatic N) is 1. The average Bonchev–Trinajstić information content (AvgIpc) is 3.26. The van der Waals surface area contributed by atoms with Crippen LogP contribution in [0.1, 0.15) is 31.2 Å². The summed E-state index contributed by atoms with van der Waals surface area (Å²) in [6.45, 7) is 0.696. The van der Waals surface area contributed by atoms with Gasteiger partial charge < -0.3 is 19.2 Å². The zero-order chi connectivity index (χ0) is 22.0. The summed E-state index contributed by atoms with van der Waals surface area (Å²) in [5.74, 6) is 2.07. The maximum absolute atomic E-state index is 6.07. The van der Waals surface area contributed by atoms with Gasteiger partial charge in [0.2, 0.25) is 0 Å². The predicted octanol–water partition coefficient (Wildman–Crippen LogP) is 7.07. The lowest BCUT2D eigenvalue weighted by Gasteiger charge is -2.37. The van der Waals surface area contributed by atoms with Gasteiger partial charge in [-0.2, -0.15) is 4.98 Å². The molecule has 0 radical (unpaired) electrons. The second kappa shape index (κ2) is 8.66. The zero-order valence-electron chi connectivity index (χ0n) is 18.4. The van der Waals surface area contributed by atoms with E-state index in [0.29, 0.717) is 29.9 Å². The molecule has 0 spiro atoms. The minimum Gasteiger partial charge on any atom is -0.494 e. The summed E-state index contributed by atoms with van der Waals surface area (Å²) in [4.78, 5) is 4.35. The van der Waals surface area contributed by atoms with Gasteiger partial charge in [0.1, 0.15) is 17.0 Å². The van der Waals surface area contributed by atoms with E-state index in [-0.39, 0.29) is 6.08 Å². The Hall–Kier alpha value is -3.73. The predicted molar refractivity (Wildman–Crippen MR) is 130 cm³/mol. The van der Waals surface area contributed by atoms with E-state index in [1.54, 1.807) is 0 Å². The van der Waals surface area contributed by atoms with Gasteiger partial charge in [0.05, 0.1) is 6.61 Å². The molecule has 3 aromatic carbocycles. The van der Waals surface area contributed by atoms with Gasteiger partial charge in [0.25, 0.3) is 0 Å². The smallest absolute Gasteiger partial charge is 0.400 e. The molecule has 5 heteroatoms. The maximum atomic E-state index is 6.07. The van der Waals surface area contributed by atoms with E-state index in [0.717, 1.165) is 17.7 Å². The van der Waals surface area contributed by atoms with Crippen LogP contribution in [0.5, 0.6) is 17.6 Å². The SMILES string of the molecule is C1=C2C(CCOc3ccc(Oc4nc5ccccc5o4)cc3)CCCC2Nc2ccccc21. The number of fused-ring (bicyclic) bond motifs is 3.